The molecule has 3 rings (SSSR count). The first-order valence-corrected chi connectivity index (χ1v) is 9.41. The molecule has 23 heavy (non-hydrogen) atoms. The van der Waals surface area contributed by atoms with Gasteiger partial charge in [0.15, 0.2) is 21.7 Å². The lowest BCUT2D eigenvalue weighted by Gasteiger charge is -2.22. The Balaban J connectivity index is 1.88. The second kappa shape index (κ2) is 7.47. The molecule has 2 aromatic heterocycles. The van der Waals surface area contributed by atoms with Crippen LogP contribution in [-0.2, 0) is 6.54 Å². The van der Waals surface area contributed by atoms with Gasteiger partial charge in [-0.05, 0) is 41.1 Å². The van der Waals surface area contributed by atoms with Crippen molar-refractivity contribution in [3.8, 4) is 0 Å². The lowest BCUT2D eigenvalue weighted by Crippen LogP contribution is -2.15. The first kappa shape index (κ1) is 16.5. The molecule has 0 unspecified atom stereocenters. The Morgan fingerprint density at radius 2 is 2.00 bits per heavy atom. The third kappa shape index (κ3) is 3.76. The standard InChI is InChI=1S/C16H25BrN6/c1-2-3-9-19-16-21-13(18)12-14(22-16)23(15(17)20-12)10-11-7-5-4-6-8-11/h11H,2-10H2,1H3,(H3,18,19,21,22). The van der Waals surface area contributed by atoms with Crippen molar-refractivity contribution in [1.29, 1.82) is 0 Å². The van der Waals surface area contributed by atoms with Crippen LogP contribution in [0.5, 0.6) is 0 Å². The van der Waals surface area contributed by atoms with Gasteiger partial charge in [-0.3, -0.25) is 0 Å². The van der Waals surface area contributed by atoms with Crippen LogP contribution < -0.4 is 11.1 Å². The highest BCUT2D eigenvalue weighted by Crippen LogP contribution is 2.29. The monoisotopic (exact) mass is 380 g/mol. The number of anilines is 2. The van der Waals surface area contributed by atoms with Crippen LogP contribution in [0.1, 0.15) is 51.9 Å². The molecule has 1 fully saturated rings. The molecule has 3 N–H and O–H groups in total. The SMILES string of the molecule is CCCCNc1nc(N)c2nc(Br)n(CC3CCCCC3)c2n1. The molecule has 1 aliphatic carbocycles. The number of rotatable bonds is 6. The molecule has 0 bridgehead atoms. The minimum Gasteiger partial charge on any atom is -0.382 e. The minimum absolute atomic E-state index is 0.442. The Bertz CT molecular complexity index is 662. The van der Waals surface area contributed by atoms with Crippen molar-refractivity contribution in [1.82, 2.24) is 19.5 Å². The summed E-state index contributed by atoms with van der Waals surface area (Å²) in [6.07, 6.45) is 8.82. The van der Waals surface area contributed by atoms with Crippen LogP contribution in [0.2, 0.25) is 0 Å². The summed E-state index contributed by atoms with van der Waals surface area (Å²) in [4.78, 5) is 13.5. The van der Waals surface area contributed by atoms with Gasteiger partial charge in [0.25, 0.3) is 0 Å². The molecule has 0 aliphatic heterocycles. The number of nitrogens with two attached hydrogens (primary N) is 1. The number of aromatic nitrogens is 4. The van der Waals surface area contributed by atoms with Crippen LogP contribution in [0.3, 0.4) is 0 Å². The molecule has 0 amide bonds. The fourth-order valence-electron chi connectivity index (χ4n) is 3.24. The second-order valence-electron chi connectivity index (χ2n) is 6.38. The van der Waals surface area contributed by atoms with Gasteiger partial charge in [-0.25, -0.2) is 4.98 Å². The third-order valence-electron chi connectivity index (χ3n) is 4.55. The lowest BCUT2D eigenvalue weighted by atomic mass is 9.89. The fraction of sp³-hybridized carbons (Fsp3) is 0.688. The minimum atomic E-state index is 0.442. The number of nitrogen functional groups attached to an aromatic ring is 1. The molecule has 126 valence electrons. The number of halogens is 1. The van der Waals surface area contributed by atoms with Crippen molar-refractivity contribution in [2.24, 2.45) is 5.92 Å². The first-order chi connectivity index (χ1) is 11.2. The summed E-state index contributed by atoms with van der Waals surface area (Å²) in [5, 5.41) is 3.26. The van der Waals surface area contributed by atoms with E-state index < -0.39 is 0 Å². The normalized spacial score (nSPS) is 16.1. The Labute approximate surface area is 145 Å². The van der Waals surface area contributed by atoms with E-state index in [1.807, 2.05) is 0 Å². The maximum atomic E-state index is 6.09. The molecule has 7 heteroatoms. The molecule has 0 saturated heterocycles. The Kier molecular flexibility index (Phi) is 5.35. The van der Waals surface area contributed by atoms with E-state index in [1.54, 1.807) is 0 Å². The number of nitrogens with one attached hydrogen (secondary N) is 1. The van der Waals surface area contributed by atoms with Gasteiger partial charge >= 0.3 is 0 Å². The zero-order valence-electron chi connectivity index (χ0n) is 13.7. The summed E-state index contributed by atoms with van der Waals surface area (Å²) < 4.78 is 2.94. The number of hydrogen-bond acceptors (Lipinski definition) is 5. The van der Waals surface area contributed by atoms with Crippen LogP contribution in [0.25, 0.3) is 11.2 Å². The van der Waals surface area contributed by atoms with Gasteiger partial charge in [-0.15, -0.1) is 0 Å². The topological polar surface area (TPSA) is 81.6 Å². The molecule has 2 heterocycles. The van der Waals surface area contributed by atoms with Gasteiger partial charge in [-0.1, -0.05) is 32.6 Å². The van der Waals surface area contributed by atoms with Crippen molar-refractivity contribution in [3.05, 3.63) is 4.73 Å². The Morgan fingerprint density at radius 1 is 1.22 bits per heavy atom. The Hall–Kier alpha value is -1.37. The molecule has 1 saturated carbocycles. The summed E-state index contributed by atoms with van der Waals surface area (Å²) in [5.74, 6) is 1.74. The van der Waals surface area contributed by atoms with E-state index in [-0.39, 0.29) is 0 Å². The zero-order chi connectivity index (χ0) is 16.2. The smallest absolute Gasteiger partial charge is 0.226 e. The van der Waals surface area contributed by atoms with Gasteiger partial charge in [0, 0.05) is 13.1 Å². The summed E-state index contributed by atoms with van der Waals surface area (Å²) in [6, 6.07) is 0. The highest BCUT2D eigenvalue weighted by Gasteiger charge is 2.20. The van der Waals surface area contributed by atoms with Crippen LogP contribution in [0.4, 0.5) is 11.8 Å². The summed E-state index contributed by atoms with van der Waals surface area (Å²) in [7, 11) is 0. The average molecular weight is 381 g/mol. The van der Waals surface area contributed by atoms with Crippen molar-refractivity contribution in [2.45, 2.75) is 58.4 Å². The molecule has 0 spiro atoms. The van der Waals surface area contributed by atoms with E-state index in [1.165, 1.54) is 32.1 Å². The van der Waals surface area contributed by atoms with Gasteiger partial charge < -0.3 is 15.6 Å². The number of hydrogen-bond donors (Lipinski definition) is 2. The highest BCUT2D eigenvalue weighted by atomic mass is 79.9. The lowest BCUT2D eigenvalue weighted by molar-refractivity contribution is 0.320. The molecular weight excluding hydrogens is 356 g/mol. The van der Waals surface area contributed by atoms with Crippen LogP contribution in [0, 0.1) is 5.92 Å². The largest absolute Gasteiger partial charge is 0.382 e. The maximum Gasteiger partial charge on any atom is 0.226 e. The predicted molar refractivity (Wildman–Crippen MR) is 97.4 cm³/mol. The molecule has 2 aromatic rings. The first-order valence-electron chi connectivity index (χ1n) is 8.62. The fourth-order valence-corrected chi connectivity index (χ4v) is 3.73. The van der Waals surface area contributed by atoms with E-state index in [4.69, 9.17) is 5.73 Å². The highest BCUT2D eigenvalue weighted by molar-refractivity contribution is 9.10. The van der Waals surface area contributed by atoms with Gasteiger partial charge in [0.2, 0.25) is 5.95 Å². The number of nitrogens with zero attached hydrogens (tertiary/aromatic N) is 4. The average Bonchev–Trinajstić information content (AvgIpc) is 2.86. The number of unbranched alkanes of at least 4 members (excludes halogenated alkanes) is 1. The number of fused-ring (bicyclic) bond motifs is 1. The van der Waals surface area contributed by atoms with Gasteiger partial charge in [0.1, 0.15) is 0 Å². The van der Waals surface area contributed by atoms with E-state index in [2.05, 4.69) is 47.7 Å². The van der Waals surface area contributed by atoms with Crippen molar-refractivity contribution in [3.63, 3.8) is 0 Å². The van der Waals surface area contributed by atoms with Crippen LogP contribution in [0.15, 0.2) is 4.73 Å². The second-order valence-corrected chi connectivity index (χ2v) is 7.09. The molecule has 6 nitrogen and oxygen atoms in total. The predicted octanol–water partition coefficient (Wildman–Crippen LogP) is 3.96. The van der Waals surface area contributed by atoms with Crippen molar-refractivity contribution >= 4 is 38.9 Å². The Morgan fingerprint density at radius 3 is 2.74 bits per heavy atom. The molecular formula is C16H25BrN6. The van der Waals surface area contributed by atoms with E-state index in [0.29, 0.717) is 23.2 Å². The maximum absolute atomic E-state index is 6.09. The van der Waals surface area contributed by atoms with Crippen LogP contribution >= 0.6 is 15.9 Å². The molecule has 0 radical (unpaired) electrons. The van der Waals surface area contributed by atoms with Gasteiger partial charge in [-0.2, -0.15) is 9.97 Å². The molecule has 1 aliphatic rings. The van der Waals surface area contributed by atoms with Gasteiger partial charge in [0.05, 0.1) is 0 Å². The van der Waals surface area contributed by atoms with Crippen LogP contribution in [-0.4, -0.2) is 26.1 Å². The summed E-state index contributed by atoms with van der Waals surface area (Å²) >= 11 is 3.57. The van der Waals surface area contributed by atoms with E-state index in [0.717, 1.165) is 36.3 Å². The van der Waals surface area contributed by atoms with Crippen molar-refractivity contribution in [2.75, 3.05) is 17.6 Å². The summed E-state index contributed by atoms with van der Waals surface area (Å²) in [6.45, 7) is 3.97. The quantitative estimate of drug-likeness (QED) is 0.585. The number of imidazole rings is 1. The van der Waals surface area contributed by atoms with E-state index in [9.17, 15) is 0 Å². The third-order valence-corrected chi connectivity index (χ3v) is 5.16. The van der Waals surface area contributed by atoms with Crippen molar-refractivity contribution < 1.29 is 0 Å². The molecule has 0 aromatic carbocycles. The summed E-state index contributed by atoms with van der Waals surface area (Å²) in [5.41, 5.74) is 7.61. The van der Waals surface area contributed by atoms with E-state index >= 15 is 0 Å². The zero-order valence-corrected chi connectivity index (χ0v) is 15.3. The molecule has 0 atom stereocenters.